The summed E-state index contributed by atoms with van der Waals surface area (Å²) in [5.74, 6) is 0.947. The van der Waals surface area contributed by atoms with Gasteiger partial charge in [-0.1, -0.05) is 18.2 Å². The lowest BCUT2D eigenvalue weighted by molar-refractivity contribution is 0.406. The first kappa shape index (κ1) is 13.0. The van der Waals surface area contributed by atoms with Crippen LogP contribution >= 0.6 is 0 Å². The van der Waals surface area contributed by atoms with Crippen molar-refractivity contribution in [1.82, 2.24) is 4.98 Å². The third-order valence-electron chi connectivity index (χ3n) is 3.97. The van der Waals surface area contributed by atoms with E-state index in [-0.39, 0.29) is 0 Å². The van der Waals surface area contributed by atoms with Crippen LogP contribution in [0.25, 0.3) is 0 Å². The van der Waals surface area contributed by atoms with Crippen LogP contribution in [0.1, 0.15) is 30.9 Å². The molecule has 1 saturated heterocycles. The van der Waals surface area contributed by atoms with E-state index in [0.29, 0.717) is 6.04 Å². The van der Waals surface area contributed by atoms with Crippen molar-refractivity contribution in [2.75, 3.05) is 18.6 Å². The Bertz CT molecular complexity index is 556. The van der Waals surface area contributed by atoms with Crippen LogP contribution in [0.5, 0.6) is 5.75 Å². The predicted molar refractivity (Wildman–Crippen MR) is 81.2 cm³/mol. The number of pyridine rings is 1. The highest BCUT2D eigenvalue weighted by molar-refractivity contribution is 5.60. The maximum absolute atomic E-state index is 5.53. The Morgan fingerprint density at radius 2 is 2.05 bits per heavy atom. The number of piperidine rings is 1. The lowest BCUT2D eigenvalue weighted by atomic mass is 9.95. The molecule has 0 spiro atoms. The highest BCUT2D eigenvalue weighted by atomic mass is 16.5. The van der Waals surface area contributed by atoms with Crippen LogP contribution in [0.4, 0.5) is 5.69 Å². The number of hydrogen-bond donors (Lipinski definition) is 0. The number of rotatable bonds is 3. The van der Waals surface area contributed by atoms with Gasteiger partial charge in [0.05, 0.1) is 18.8 Å². The molecule has 0 aliphatic carbocycles. The van der Waals surface area contributed by atoms with Gasteiger partial charge in [0.2, 0.25) is 0 Å². The molecule has 1 aromatic heterocycles. The molecular weight excluding hydrogens is 248 g/mol. The van der Waals surface area contributed by atoms with Gasteiger partial charge in [-0.25, -0.2) is 0 Å². The zero-order valence-electron chi connectivity index (χ0n) is 11.8. The Morgan fingerprint density at radius 3 is 2.85 bits per heavy atom. The summed E-state index contributed by atoms with van der Waals surface area (Å²) >= 11 is 0. The van der Waals surface area contributed by atoms with E-state index in [4.69, 9.17) is 4.74 Å². The summed E-state index contributed by atoms with van der Waals surface area (Å²) in [6, 6.07) is 12.9. The minimum atomic E-state index is 0.397. The quantitative estimate of drug-likeness (QED) is 0.846. The molecule has 3 rings (SSSR count). The van der Waals surface area contributed by atoms with Crippen molar-refractivity contribution in [3.05, 3.63) is 54.4 Å². The van der Waals surface area contributed by atoms with Crippen molar-refractivity contribution in [3.8, 4) is 5.75 Å². The summed E-state index contributed by atoms with van der Waals surface area (Å²) in [5, 5.41) is 0. The molecule has 0 radical (unpaired) electrons. The first-order chi connectivity index (χ1) is 9.90. The molecule has 1 aromatic carbocycles. The number of benzene rings is 1. The molecule has 0 unspecified atom stereocenters. The van der Waals surface area contributed by atoms with E-state index in [1.54, 1.807) is 7.11 Å². The Morgan fingerprint density at radius 1 is 1.15 bits per heavy atom. The van der Waals surface area contributed by atoms with Gasteiger partial charge in [-0.2, -0.15) is 0 Å². The maximum atomic E-state index is 5.53. The molecule has 2 heterocycles. The van der Waals surface area contributed by atoms with E-state index in [0.717, 1.165) is 12.3 Å². The van der Waals surface area contributed by atoms with Crippen molar-refractivity contribution < 1.29 is 4.74 Å². The van der Waals surface area contributed by atoms with Crippen LogP contribution in [-0.2, 0) is 0 Å². The normalized spacial score (nSPS) is 18.9. The zero-order valence-corrected chi connectivity index (χ0v) is 11.8. The van der Waals surface area contributed by atoms with Gasteiger partial charge in [0.1, 0.15) is 5.75 Å². The number of hydrogen-bond acceptors (Lipinski definition) is 3. The molecule has 2 aromatic rings. The van der Waals surface area contributed by atoms with E-state index >= 15 is 0 Å². The average Bonchev–Trinajstić information content (AvgIpc) is 2.55. The molecule has 0 bridgehead atoms. The maximum Gasteiger partial charge on any atom is 0.142 e. The second kappa shape index (κ2) is 5.95. The summed E-state index contributed by atoms with van der Waals surface area (Å²) < 4.78 is 5.53. The number of aromatic nitrogens is 1. The number of nitrogens with zero attached hydrogens (tertiary/aromatic N) is 2. The van der Waals surface area contributed by atoms with E-state index in [2.05, 4.69) is 28.1 Å². The van der Waals surface area contributed by atoms with Crippen molar-refractivity contribution in [1.29, 1.82) is 0 Å². The Labute approximate surface area is 120 Å². The van der Waals surface area contributed by atoms with E-state index in [9.17, 15) is 0 Å². The number of methoxy groups -OCH3 is 1. The lowest BCUT2D eigenvalue weighted by Crippen LogP contribution is -2.33. The fraction of sp³-hybridized carbons (Fsp3) is 0.353. The van der Waals surface area contributed by atoms with Crippen molar-refractivity contribution in [2.45, 2.75) is 25.3 Å². The molecule has 104 valence electrons. The van der Waals surface area contributed by atoms with Gasteiger partial charge in [0.25, 0.3) is 0 Å². The average molecular weight is 268 g/mol. The predicted octanol–water partition coefficient (Wildman–Crippen LogP) is 3.82. The SMILES string of the molecule is COc1ccccc1N1CCCC[C@@H]1c1cccnc1. The van der Waals surface area contributed by atoms with E-state index in [1.165, 1.54) is 30.5 Å². The molecule has 3 nitrogen and oxygen atoms in total. The summed E-state index contributed by atoms with van der Waals surface area (Å²) in [5.41, 5.74) is 2.47. The summed E-state index contributed by atoms with van der Waals surface area (Å²) in [6.45, 7) is 1.07. The van der Waals surface area contributed by atoms with Crippen molar-refractivity contribution >= 4 is 5.69 Å². The third-order valence-corrected chi connectivity index (χ3v) is 3.97. The van der Waals surface area contributed by atoms with E-state index < -0.39 is 0 Å². The van der Waals surface area contributed by atoms with Gasteiger partial charge in [0.15, 0.2) is 0 Å². The van der Waals surface area contributed by atoms with Gasteiger partial charge in [-0.15, -0.1) is 0 Å². The Kier molecular flexibility index (Phi) is 3.86. The van der Waals surface area contributed by atoms with Crippen molar-refractivity contribution in [2.24, 2.45) is 0 Å². The topological polar surface area (TPSA) is 25.4 Å². The molecule has 20 heavy (non-hydrogen) atoms. The molecule has 1 aliphatic rings. The first-order valence-corrected chi connectivity index (χ1v) is 7.20. The molecule has 1 atom stereocenters. The Balaban J connectivity index is 1.97. The molecule has 0 N–H and O–H groups in total. The minimum absolute atomic E-state index is 0.397. The summed E-state index contributed by atoms with van der Waals surface area (Å²) in [6.07, 6.45) is 7.49. The van der Waals surface area contributed by atoms with Crippen LogP contribution < -0.4 is 9.64 Å². The highest BCUT2D eigenvalue weighted by Crippen LogP contribution is 2.38. The molecule has 3 heteroatoms. The minimum Gasteiger partial charge on any atom is -0.495 e. The van der Waals surface area contributed by atoms with Crippen LogP contribution in [0.15, 0.2) is 48.8 Å². The zero-order chi connectivity index (χ0) is 13.8. The second-order valence-electron chi connectivity index (χ2n) is 5.16. The lowest BCUT2D eigenvalue weighted by Gasteiger charge is -2.38. The number of ether oxygens (including phenoxy) is 1. The monoisotopic (exact) mass is 268 g/mol. The van der Waals surface area contributed by atoms with Gasteiger partial charge in [-0.3, -0.25) is 4.98 Å². The van der Waals surface area contributed by atoms with E-state index in [1.807, 2.05) is 30.6 Å². The highest BCUT2D eigenvalue weighted by Gasteiger charge is 2.26. The standard InChI is InChI=1S/C17H20N2O/c1-20-17-10-3-2-9-16(17)19-12-5-4-8-15(19)14-7-6-11-18-13-14/h2-3,6-7,9-11,13,15H,4-5,8,12H2,1H3/t15-/m1/s1. The van der Waals surface area contributed by atoms with Crippen LogP contribution in [0.3, 0.4) is 0 Å². The fourth-order valence-electron chi connectivity index (χ4n) is 3.01. The molecule has 1 aliphatic heterocycles. The summed E-state index contributed by atoms with van der Waals surface area (Å²) in [4.78, 5) is 6.73. The van der Waals surface area contributed by atoms with Crippen LogP contribution in [-0.4, -0.2) is 18.6 Å². The Hall–Kier alpha value is -2.03. The fourth-order valence-corrected chi connectivity index (χ4v) is 3.01. The van der Waals surface area contributed by atoms with Crippen LogP contribution in [0, 0.1) is 0 Å². The summed E-state index contributed by atoms with van der Waals surface area (Å²) in [7, 11) is 1.74. The second-order valence-corrected chi connectivity index (χ2v) is 5.16. The van der Waals surface area contributed by atoms with Gasteiger partial charge in [-0.05, 0) is 43.0 Å². The molecule has 0 amide bonds. The van der Waals surface area contributed by atoms with Crippen LogP contribution in [0.2, 0.25) is 0 Å². The first-order valence-electron chi connectivity index (χ1n) is 7.20. The molecule has 1 fully saturated rings. The molecule has 0 saturated carbocycles. The largest absolute Gasteiger partial charge is 0.495 e. The smallest absolute Gasteiger partial charge is 0.142 e. The van der Waals surface area contributed by atoms with Gasteiger partial charge in [0, 0.05) is 18.9 Å². The van der Waals surface area contributed by atoms with Gasteiger partial charge >= 0.3 is 0 Å². The van der Waals surface area contributed by atoms with Crippen molar-refractivity contribution in [3.63, 3.8) is 0 Å². The third kappa shape index (κ3) is 2.48. The molecular formula is C17H20N2O. The number of para-hydroxylation sites is 2. The number of anilines is 1. The van der Waals surface area contributed by atoms with Gasteiger partial charge < -0.3 is 9.64 Å².